The van der Waals surface area contributed by atoms with E-state index in [1.165, 1.54) is 4.88 Å². The number of nitrogens with zero attached hydrogens (tertiary/aromatic N) is 1. The van der Waals surface area contributed by atoms with Crippen LogP contribution in [0.4, 0.5) is 0 Å². The molecule has 0 unspecified atom stereocenters. The van der Waals surface area contributed by atoms with Crippen LogP contribution in [-0.4, -0.2) is 28.6 Å². The van der Waals surface area contributed by atoms with E-state index in [-0.39, 0.29) is 18.6 Å². The fraction of sp³-hybridized carbons (Fsp3) is 0.471. The van der Waals surface area contributed by atoms with Gasteiger partial charge in [-0.3, -0.25) is 4.79 Å². The number of carbonyl (C=O) groups excluding carboxylic acids is 1. The van der Waals surface area contributed by atoms with E-state index in [0.717, 1.165) is 28.8 Å². The molecule has 0 aliphatic rings. The maximum absolute atomic E-state index is 13.0. The van der Waals surface area contributed by atoms with Gasteiger partial charge in [-0.2, -0.15) is 0 Å². The van der Waals surface area contributed by atoms with Crippen molar-refractivity contribution < 1.29 is 9.90 Å². The van der Waals surface area contributed by atoms with E-state index >= 15 is 0 Å². The molecule has 22 heavy (non-hydrogen) atoms. The first kappa shape index (κ1) is 17.2. The van der Waals surface area contributed by atoms with Gasteiger partial charge in [0, 0.05) is 15.1 Å². The second-order valence-electron chi connectivity index (χ2n) is 5.29. The Morgan fingerprint density at radius 3 is 2.68 bits per heavy atom. The summed E-state index contributed by atoms with van der Waals surface area (Å²) in [6, 6.07) is 3.89. The first-order chi connectivity index (χ1) is 10.6. The molecule has 2 aromatic rings. The maximum atomic E-state index is 13.0. The van der Waals surface area contributed by atoms with Crippen molar-refractivity contribution in [1.82, 2.24) is 4.90 Å². The Morgan fingerprint density at radius 1 is 1.36 bits per heavy atom. The Kier molecular flexibility index (Phi) is 6.17. The van der Waals surface area contributed by atoms with Crippen molar-refractivity contribution in [3.63, 3.8) is 0 Å². The van der Waals surface area contributed by atoms with Crippen LogP contribution in [-0.2, 0) is 13.0 Å². The van der Waals surface area contributed by atoms with E-state index in [1.807, 2.05) is 34.7 Å². The first-order valence-electron chi connectivity index (χ1n) is 7.63. The minimum absolute atomic E-state index is 0.00179. The molecular formula is C17H23NO2S2. The van der Waals surface area contributed by atoms with Crippen LogP contribution in [0.5, 0.6) is 0 Å². The molecular weight excluding hydrogens is 314 g/mol. The zero-order valence-electron chi connectivity index (χ0n) is 13.3. The normalized spacial score (nSPS) is 12.4. The van der Waals surface area contributed by atoms with Gasteiger partial charge in [-0.1, -0.05) is 19.9 Å². The number of rotatable bonds is 7. The molecule has 1 amide bonds. The third kappa shape index (κ3) is 3.59. The third-order valence-corrected chi connectivity index (χ3v) is 5.79. The lowest BCUT2D eigenvalue weighted by atomic mass is 10.1. The summed E-state index contributed by atoms with van der Waals surface area (Å²) in [5, 5.41) is 13.6. The summed E-state index contributed by atoms with van der Waals surface area (Å²) >= 11 is 3.27. The molecule has 5 heteroatoms. The van der Waals surface area contributed by atoms with Gasteiger partial charge in [0.25, 0.3) is 5.91 Å². The molecule has 2 rings (SSSR count). The highest BCUT2D eigenvalue weighted by Crippen LogP contribution is 2.26. The molecule has 0 bridgehead atoms. The molecule has 0 aliphatic heterocycles. The second kappa shape index (κ2) is 7.90. The summed E-state index contributed by atoms with van der Waals surface area (Å²) in [6.07, 6.45) is 1.61. The van der Waals surface area contributed by atoms with Crippen molar-refractivity contribution in [3.8, 4) is 0 Å². The highest BCUT2D eigenvalue weighted by atomic mass is 32.1. The Bertz CT molecular complexity index is 600. The highest BCUT2D eigenvalue weighted by molar-refractivity contribution is 7.10. The lowest BCUT2D eigenvalue weighted by Gasteiger charge is -2.30. The van der Waals surface area contributed by atoms with Gasteiger partial charge < -0.3 is 10.0 Å². The summed E-state index contributed by atoms with van der Waals surface area (Å²) in [4.78, 5) is 17.2. The topological polar surface area (TPSA) is 40.5 Å². The minimum atomic E-state index is -0.139. The summed E-state index contributed by atoms with van der Waals surface area (Å²) in [5.41, 5.74) is 1.94. The van der Waals surface area contributed by atoms with Crippen LogP contribution in [0.3, 0.4) is 0 Å². The number of aliphatic hydroxyl groups is 1. The summed E-state index contributed by atoms with van der Waals surface area (Å²) in [7, 11) is 0. The maximum Gasteiger partial charge on any atom is 0.255 e. The van der Waals surface area contributed by atoms with Crippen LogP contribution >= 0.6 is 22.7 Å². The zero-order valence-corrected chi connectivity index (χ0v) is 15.0. The van der Waals surface area contributed by atoms with E-state index in [4.69, 9.17) is 0 Å². The quantitative estimate of drug-likeness (QED) is 0.826. The average molecular weight is 338 g/mol. The van der Waals surface area contributed by atoms with Gasteiger partial charge in [0.1, 0.15) is 0 Å². The molecule has 0 aliphatic carbocycles. The molecule has 2 aromatic heterocycles. The zero-order chi connectivity index (χ0) is 16.1. The van der Waals surface area contributed by atoms with Gasteiger partial charge in [0.05, 0.1) is 24.8 Å². The van der Waals surface area contributed by atoms with Crippen LogP contribution in [0, 0.1) is 6.92 Å². The Labute approximate surface area is 140 Å². The van der Waals surface area contributed by atoms with Crippen molar-refractivity contribution in [3.05, 3.63) is 43.8 Å². The Balaban J connectivity index is 2.32. The predicted molar refractivity (Wildman–Crippen MR) is 93.8 cm³/mol. The van der Waals surface area contributed by atoms with E-state index in [1.54, 1.807) is 22.7 Å². The second-order valence-corrected chi connectivity index (χ2v) is 7.41. The van der Waals surface area contributed by atoms with Crippen molar-refractivity contribution in [2.45, 2.75) is 46.2 Å². The average Bonchev–Trinajstić information content (AvgIpc) is 3.16. The first-order valence-corrected chi connectivity index (χ1v) is 9.39. The summed E-state index contributed by atoms with van der Waals surface area (Å²) < 4.78 is 0. The molecule has 0 saturated heterocycles. The van der Waals surface area contributed by atoms with Crippen LogP contribution in [0.25, 0.3) is 0 Å². The molecule has 0 aromatic carbocycles. The van der Waals surface area contributed by atoms with Crippen molar-refractivity contribution >= 4 is 28.6 Å². The number of aliphatic hydroxyl groups excluding tert-OH is 1. The summed E-state index contributed by atoms with van der Waals surface area (Å²) in [5.74, 6) is 0.0375. The molecule has 2 heterocycles. The molecule has 1 atom stereocenters. The van der Waals surface area contributed by atoms with Crippen LogP contribution in [0.1, 0.15) is 45.9 Å². The highest BCUT2D eigenvalue weighted by Gasteiger charge is 2.26. The van der Waals surface area contributed by atoms with Crippen molar-refractivity contribution in [2.24, 2.45) is 0 Å². The van der Waals surface area contributed by atoms with E-state index < -0.39 is 0 Å². The Morgan fingerprint density at radius 2 is 2.14 bits per heavy atom. The lowest BCUT2D eigenvalue weighted by Crippen LogP contribution is -2.41. The SMILES string of the molecule is CCc1c(C(=O)N(Cc2cccs2)[C@H](CC)CO)csc1C. The van der Waals surface area contributed by atoms with Gasteiger partial charge in [-0.25, -0.2) is 0 Å². The Hall–Kier alpha value is -1.17. The molecule has 0 spiro atoms. The summed E-state index contributed by atoms with van der Waals surface area (Å²) in [6.45, 7) is 6.72. The van der Waals surface area contributed by atoms with Gasteiger partial charge in [-0.15, -0.1) is 22.7 Å². The minimum Gasteiger partial charge on any atom is -0.394 e. The smallest absolute Gasteiger partial charge is 0.255 e. The standard InChI is InChI=1S/C17H23NO2S2/c1-4-13(10-19)18(9-14-7-6-8-21-14)17(20)16-11-22-12(3)15(16)5-2/h6-8,11,13,19H,4-5,9-10H2,1-3H3/t13-/m1/s1. The number of hydrogen-bond donors (Lipinski definition) is 1. The van der Waals surface area contributed by atoms with E-state index in [0.29, 0.717) is 6.54 Å². The van der Waals surface area contributed by atoms with Gasteiger partial charge >= 0.3 is 0 Å². The largest absolute Gasteiger partial charge is 0.394 e. The third-order valence-electron chi connectivity index (χ3n) is 3.98. The van der Waals surface area contributed by atoms with Crippen LogP contribution < -0.4 is 0 Å². The molecule has 0 saturated carbocycles. The lowest BCUT2D eigenvalue weighted by molar-refractivity contribution is 0.0566. The monoisotopic (exact) mass is 337 g/mol. The molecule has 1 N–H and O–H groups in total. The number of aryl methyl sites for hydroxylation is 1. The van der Waals surface area contributed by atoms with E-state index in [9.17, 15) is 9.90 Å². The van der Waals surface area contributed by atoms with Gasteiger partial charge in [-0.05, 0) is 36.8 Å². The predicted octanol–water partition coefficient (Wildman–Crippen LogP) is 4.09. The molecule has 3 nitrogen and oxygen atoms in total. The molecule has 120 valence electrons. The van der Waals surface area contributed by atoms with Crippen molar-refractivity contribution in [1.29, 1.82) is 0 Å². The molecule has 0 fully saturated rings. The van der Waals surface area contributed by atoms with Crippen LogP contribution in [0.2, 0.25) is 0 Å². The molecule has 0 radical (unpaired) electrons. The fourth-order valence-corrected chi connectivity index (χ4v) is 4.27. The van der Waals surface area contributed by atoms with E-state index in [2.05, 4.69) is 13.8 Å². The van der Waals surface area contributed by atoms with Crippen molar-refractivity contribution in [2.75, 3.05) is 6.61 Å². The number of carbonyl (C=O) groups is 1. The van der Waals surface area contributed by atoms with Gasteiger partial charge in [0.15, 0.2) is 0 Å². The number of amides is 1. The van der Waals surface area contributed by atoms with Crippen LogP contribution in [0.15, 0.2) is 22.9 Å². The fourth-order valence-electron chi connectivity index (χ4n) is 2.64. The number of hydrogen-bond acceptors (Lipinski definition) is 4. The van der Waals surface area contributed by atoms with Gasteiger partial charge in [0.2, 0.25) is 0 Å². The number of thiophene rings is 2.